The predicted octanol–water partition coefficient (Wildman–Crippen LogP) is 9.54. The molecule has 168 valence electrons. The fraction of sp³-hybridized carbons (Fsp3) is 0. The van der Waals surface area contributed by atoms with Crippen molar-refractivity contribution in [3.63, 3.8) is 0 Å². The van der Waals surface area contributed by atoms with E-state index in [4.69, 9.17) is 4.98 Å². The first-order valence-electron chi connectivity index (χ1n) is 12.3. The van der Waals surface area contributed by atoms with Gasteiger partial charge in [0.05, 0.1) is 5.69 Å². The summed E-state index contributed by atoms with van der Waals surface area (Å²) >= 11 is 0. The topological polar surface area (TPSA) is 12.9 Å². The quantitative estimate of drug-likeness (QED) is 0.241. The molecular formula is C35H23N. The summed E-state index contributed by atoms with van der Waals surface area (Å²) < 4.78 is 0. The molecule has 1 nitrogen and oxygen atoms in total. The molecule has 0 N–H and O–H groups in total. The van der Waals surface area contributed by atoms with Gasteiger partial charge in [0.1, 0.15) is 0 Å². The van der Waals surface area contributed by atoms with Crippen LogP contribution in [0.3, 0.4) is 0 Å². The molecule has 1 aromatic heterocycles. The average Bonchev–Trinajstić information content (AvgIpc) is 2.98. The van der Waals surface area contributed by atoms with Gasteiger partial charge in [-0.05, 0) is 67.4 Å². The summed E-state index contributed by atoms with van der Waals surface area (Å²) in [4.78, 5) is 4.93. The van der Waals surface area contributed by atoms with E-state index in [-0.39, 0.29) is 0 Å². The zero-order valence-corrected chi connectivity index (χ0v) is 19.7. The summed E-state index contributed by atoms with van der Waals surface area (Å²) in [6.45, 7) is 0. The molecule has 0 saturated carbocycles. The highest BCUT2D eigenvalue weighted by Gasteiger charge is 2.11. The molecule has 0 fully saturated rings. The molecule has 0 atom stereocenters. The number of hydrogen-bond acceptors (Lipinski definition) is 1. The Balaban J connectivity index is 1.38. The molecule has 0 aliphatic heterocycles. The zero-order chi connectivity index (χ0) is 23.9. The van der Waals surface area contributed by atoms with Crippen molar-refractivity contribution in [1.82, 2.24) is 4.98 Å². The van der Waals surface area contributed by atoms with Gasteiger partial charge in [-0.1, -0.05) is 115 Å². The minimum atomic E-state index is 0.990. The fourth-order valence-electron chi connectivity index (χ4n) is 5.32. The van der Waals surface area contributed by atoms with Crippen LogP contribution >= 0.6 is 0 Å². The van der Waals surface area contributed by atoms with Gasteiger partial charge in [-0.3, -0.25) is 4.98 Å². The van der Waals surface area contributed by atoms with Crippen LogP contribution in [-0.4, -0.2) is 4.98 Å². The van der Waals surface area contributed by atoms with E-state index in [0.717, 1.165) is 11.3 Å². The Bertz CT molecular complexity index is 1850. The summed E-state index contributed by atoms with van der Waals surface area (Å²) in [6.07, 6.45) is 2.04. The van der Waals surface area contributed by atoms with Crippen LogP contribution in [0.15, 0.2) is 140 Å². The number of benzene rings is 6. The van der Waals surface area contributed by atoms with Gasteiger partial charge in [0.2, 0.25) is 0 Å². The highest BCUT2D eigenvalue weighted by molar-refractivity contribution is 6.25. The lowest BCUT2D eigenvalue weighted by molar-refractivity contribution is 1.36. The maximum Gasteiger partial charge on any atom is 0.0708 e. The molecule has 0 amide bonds. The fourth-order valence-corrected chi connectivity index (χ4v) is 5.32. The van der Waals surface area contributed by atoms with Gasteiger partial charge < -0.3 is 0 Å². The van der Waals surface area contributed by atoms with Crippen LogP contribution in [0.1, 0.15) is 0 Å². The molecule has 1 heteroatoms. The Kier molecular flexibility index (Phi) is 4.85. The third-order valence-electron chi connectivity index (χ3n) is 7.09. The van der Waals surface area contributed by atoms with Crippen LogP contribution in [0.4, 0.5) is 0 Å². The second-order valence-corrected chi connectivity index (χ2v) is 9.23. The number of rotatable bonds is 3. The first-order valence-corrected chi connectivity index (χ1v) is 12.3. The molecular weight excluding hydrogens is 434 g/mol. The molecule has 1 heterocycles. The van der Waals surface area contributed by atoms with Crippen molar-refractivity contribution in [1.29, 1.82) is 0 Å². The Hall–Kier alpha value is -4.75. The summed E-state index contributed by atoms with van der Waals surface area (Å²) in [5.41, 5.74) is 6.96. The molecule has 7 rings (SSSR count). The highest BCUT2D eigenvalue weighted by Crippen LogP contribution is 2.36. The average molecular weight is 458 g/mol. The smallest absolute Gasteiger partial charge is 0.0708 e. The molecule has 0 saturated heterocycles. The van der Waals surface area contributed by atoms with Crippen molar-refractivity contribution in [3.8, 4) is 33.5 Å². The Morgan fingerprint density at radius 3 is 1.39 bits per heavy atom. The van der Waals surface area contributed by atoms with E-state index in [2.05, 4.69) is 133 Å². The van der Waals surface area contributed by atoms with Gasteiger partial charge in [-0.2, -0.15) is 0 Å². The van der Waals surface area contributed by atoms with Gasteiger partial charge >= 0.3 is 0 Å². The Labute approximate surface area is 210 Å². The normalized spacial score (nSPS) is 11.3. The van der Waals surface area contributed by atoms with Crippen LogP contribution in [0.5, 0.6) is 0 Å². The highest BCUT2D eigenvalue weighted by atomic mass is 14.7. The first kappa shape index (κ1) is 20.6. The van der Waals surface area contributed by atoms with Crippen LogP contribution in [0.2, 0.25) is 0 Å². The molecule has 0 aliphatic carbocycles. The molecule has 0 aliphatic rings. The second-order valence-electron chi connectivity index (χ2n) is 9.23. The predicted molar refractivity (Wildman–Crippen MR) is 153 cm³/mol. The van der Waals surface area contributed by atoms with Gasteiger partial charge in [0, 0.05) is 17.1 Å². The third-order valence-corrected chi connectivity index (χ3v) is 7.09. The van der Waals surface area contributed by atoms with E-state index in [1.807, 2.05) is 6.20 Å². The van der Waals surface area contributed by atoms with Crippen LogP contribution in [0, 0.1) is 0 Å². The summed E-state index contributed by atoms with van der Waals surface area (Å²) in [5, 5.41) is 7.50. The number of hydrogen-bond donors (Lipinski definition) is 0. The minimum Gasteiger partial charge on any atom is -0.256 e. The van der Waals surface area contributed by atoms with Crippen molar-refractivity contribution >= 4 is 32.3 Å². The van der Waals surface area contributed by atoms with Crippen molar-refractivity contribution in [2.45, 2.75) is 0 Å². The lowest BCUT2D eigenvalue weighted by Gasteiger charge is -2.12. The van der Waals surface area contributed by atoms with E-state index in [1.54, 1.807) is 0 Å². The molecule has 7 aromatic rings. The monoisotopic (exact) mass is 457 g/mol. The SMILES string of the molecule is c1ccc(-c2cccc(-c3cccc(-c4cc5c6ccccc6c6ccccc6c5cn4)c3)c2)cc1. The van der Waals surface area contributed by atoms with Gasteiger partial charge in [0.15, 0.2) is 0 Å². The largest absolute Gasteiger partial charge is 0.256 e. The number of fused-ring (bicyclic) bond motifs is 6. The third kappa shape index (κ3) is 3.45. The van der Waals surface area contributed by atoms with E-state index >= 15 is 0 Å². The number of nitrogens with zero attached hydrogens (tertiary/aromatic N) is 1. The number of pyridine rings is 1. The minimum absolute atomic E-state index is 0.990. The first-order chi connectivity index (χ1) is 17.8. The molecule has 6 aromatic carbocycles. The summed E-state index contributed by atoms with van der Waals surface area (Å²) in [6, 6.07) is 47.6. The van der Waals surface area contributed by atoms with Crippen molar-refractivity contribution in [3.05, 3.63) is 140 Å². The molecule has 0 bridgehead atoms. The van der Waals surface area contributed by atoms with Crippen molar-refractivity contribution in [2.75, 3.05) is 0 Å². The molecule has 0 unspecified atom stereocenters. The van der Waals surface area contributed by atoms with Gasteiger partial charge in [-0.25, -0.2) is 0 Å². The maximum absolute atomic E-state index is 4.93. The lowest BCUT2D eigenvalue weighted by Crippen LogP contribution is -1.89. The summed E-state index contributed by atoms with van der Waals surface area (Å²) in [7, 11) is 0. The standard InChI is InChI=1S/C35H23N/c1-2-10-24(11-3-1)25-12-8-13-26(20-25)27-14-9-15-28(21-27)35-22-33-31-18-6-4-16-29(31)30-17-5-7-19-32(30)34(33)23-36-35/h1-23H. The second kappa shape index (κ2) is 8.48. The molecule has 0 spiro atoms. The van der Waals surface area contributed by atoms with E-state index in [9.17, 15) is 0 Å². The van der Waals surface area contributed by atoms with Crippen molar-refractivity contribution < 1.29 is 0 Å². The van der Waals surface area contributed by atoms with E-state index in [0.29, 0.717) is 0 Å². The van der Waals surface area contributed by atoms with E-state index < -0.39 is 0 Å². The van der Waals surface area contributed by atoms with Crippen LogP contribution in [-0.2, 0) is 0 Å². The van der Waals surface area contributed by atoms with Crippen LogP contribution < -0.4 is 0 Å². The lowest BCUT2D eigenvalue weighted by atomic mass is 9.94. The van der Waals surface area contributed by atoms with Crippen molar-refractivity contribution in [2.24, 2.45) is 0 Å². The Morgan fingerprint density at radius 1 is 0.306 bits per heavy atom. The summed E-state index contributed by atoms with van der Waals surface area (Å²) in [5.74, 6) is 0. The molecule has 36 heavy (non-hydrogen) atoms. The maximum atomic E-state index is 4.93. The Morgan fingerprint density at radius 2 is 0.750 bits per heavy atom. The zero-order valence-electron chi connectivity index (χ0n) is 19.7. The van der Waals surface area contributed by atoms with Gasteiger partial charge in [-0.15, -0.1) is 0 Å². The molecule has 0 radical (unpaired) electrons. The van der Waals surface area contributed by atoms with Gasteiger partial charge in [0.25, 0.3) is 0 Å². The van der Waals surface area contributed by atoms with Crippen LogP contribution in [0.25, 0.3) is 65.8 Å². The van der Waals surface area contributed by atoms with E-state index in [1.165, 1.54) is 54.6 Å². The number of aromatic nitrogens is 1.